The maximum atomic E-state index is 12.2. The average molecular weight is 328 g/mol. The molecule has 0 aliphatic rings. The largest absolute Gasteiger partial charge is 0.461 e. The summed E-state index contributed by atoms with van der Waals surface area (Å²) in [6, 6.07) is 7.74. The minimum atomic E-state index is -0.537. The van der Waals surface area contributed by atoms with E-state index in [2.05, 4.69) is 19.2 Å². The SMILES string of the molecule is CCCCC(CC)COC(=O)/C(C#N)=C\c1ccc(NC)cc1C. The van der Waals surface area contributed by atoms with Crippen LogP contribution in [0.4, 0.5) is 5.69 Å². The molecular formula is C20H28N2O2. The summed E-state index contributed by atoms with van der Waals surface area (Å²) in [7, 11) is 1.85. The predicted molar refractivity (Wildman–Crippen MR) is 98.6 cm³/mol. The van der Waals surface area contributed by atoms with Crippen LogP contribution in [0.15, 0.2) is 23.8 Å². The summed E-state index contributed by atoms with van der Waals surface area (Å²) in [4.78, 5) is 12.2. The van der Waals surface area contributed by atoms with Gasteiger partial charge in [-0.1, -0.05) is 39.2 Å². The summed E-state index contributed by atoms with van der Waals surface area (Å²) in [6.07, 6.45) is 5.90. The van der Waals surface area contributed by atoms with E-state index in [4.69, 9.17) is 4.74 Å². The quantitative estimate of drug-likeness (QED) is 0.405. The lowest BCUT2D eigenvalue weighted by Gasteiger charge is -2.14. The normalized spacial score (nSPS) is 12.4. The van der Waals surface area contributed by atoms with Gasteiger partial charge in [0.1, 0.15) is 11.6 Å². The van der Waals surface area contributed by atoms with Gasteiger partial charge in [0, 0.05) is 12.7 Å². The van der Waals surface area contributed by atoms with Crippen LogP contribution in [0.25, 0.3) is 6.08 Å². The van der Waals surface area contributed by atoms with Crippen molar-refractivity contribution in [3.8, 4) is 6.07 Å². The zero-order chi connectivity index (χ0) is 17.9. The Morgan fingerprint density at radius 2 is 2.17 bits per heavy atom. The molecule has 0 heterocycles. The molecule has 24 heavy (non-hydrogen) atoms. The molecule has 0 saturated heterocycles. The van der Waals surface area contributed by atoms with Gasteiger partial charge in [-0.15, -0.1) is 0 Å². The maximum absolute atomic E-state index is 12.2. The van der Waals surface area contributed by atoms with Crippen molar-refractivity contribution in [2.45, 2.75) is 46.5 Å². The number of nitrogens with zero attached hydrogens (tertiary/aromatic N) is 1. The third-order valence-corrected chi connectivity index (χ3v) is 4.19. The van der Waals surface area contributed by atoms with Gasteiger partial charge in [-0.3, -0.25) is 0 Å². The molecule has 0 aliphatic heterocycles. The van der Waals surface area contributed by atoms with Crippen LogP contribution in [0.3, 0.4) is 0 Å². The van der Waals surface area contributed by atoms with Crippen molar-refractivity contribution in [2.24, 2.45) is 5.92 Å². The number of aryl methyl sites for hydroxylation is 1. The topological polar surface area (TPSA) is 62.1 Å². The van der Waals surface area contributed by atoms with Crippen LogP contribution in [0.5, 0.6) is 0 Å². The zero-order valence-corrected chi connectivity index (χ0v) is 15.2. The summed E-state index contributed by atoms with van der Waals surface area (Å²) >= 11 is 0. The van der Waals surface area contributed by atoms with Crippen molar-refractivity contribution in [2.75, 3.05) is 19.0 Å². The number of anilines is 1. The van der Waals surface area contributed by atoms with Gasteiger partial charge in [0.15, 0.2) is 0 Å². The number of benzene rings is 1. The number of hydrogen-bond acceptors (Lipinski definition) is 4. The van der Waals surface area contributed by atoms with Crippen molar-refractivity contribution in [1.29, 1.82) is 5.26 Å². The molecule has 0 amide bonds. The first-order chi connectivity index (χ1) is 11.5. The molecule has 0 bridgehead atoms. The number of esters is 1. The highest BCUT2D eigenvalue weighted by Gasteiger charge is 2.14. The minimum absolute atomic E-state index is 0.0423. The highest BCUT2D eigenvalue weighted by Crippen LogP contribution is 2.19. The lowest BCUT2D eigenvalue weighted by molar-refractivity contribution is -0.139. The van der Waals surface area contributed by atoms with Crippen molar-refractivity contribution >= 4 is 17.7 Å². The number of carbonyl (C=O) groups is 1. The Kier molecular flexibility index (Phi) is 8.64. The summed E-state index contributed by atoms with van der Waals surface area (Å²) in [5, 5.41) is 12.3. The van der Waals surface area contributed by atoms with Crippen molar-refractivity contribution in [3.05, 3.63) is 34.9 Å². The molecule has 1 N–H and O–H groups in total. The van der Waals surface area contributed by atoms with E-state index in [9.17, 15) is 10.1 Å². The monoisotopic (exact) mass is 328 g/mol. The van der Waals surface area contributed by atoms with Gasteiger partial charge in [-0.2, -0.15) is 5.26 Å². The number of hydrogen-bond donors (Lipinski definition) is 1. The van der Waals surface area contributed by atoms with E-state index in [0.717, 1.165) is 42.5 Å². The third-order valence-electron chi connectivity index (χ3n) is 4.19. The number of ether oxygens (including phenoxy) is 1. The second-order valence-electron chi connectivity index (χ2n) is 6.01. The number of nitrogens with one attached hydrogen (secondary N) is 1. The van der Waals surface area contributed by atoms with Gasteiger partial charge >= 0.3 is 5.97 Å². The number of rotatable bonds is 9. The van der Waals surface area contributed by atoms with E-state index in [1.54, 1.807) is 6.08 Å². The van der Waals surface area contributed by atoms with Crippen LogP contribution in [-0.4, -0.2) is 19.6 Å². The average Bonchev–Trinajstić information content (AvgIpc) is 2.60. The fraction of sp³-hybridized carbons (Fsp3) is 0.500. The van der Waals surface area contributed by atoms with Gasteiger partial charge in [-0.05, 0) is 48.6 Å². The van der Waals surface area contributed by atoms with E-state index in [1.807, 2.05) is 38.2 Å². The van der Waals surface area contributed by atoms with Gasteiger partial charge in [0.25, 0.3) is 0 Å². The molecule has 4 heteroatoms. The number of unbranched alkanes of at least 4 members (excludes halogenated alkanes) is 1. The van der Waals surface area contributed by atoms with Crippen LogP contribution < -0.4 is 5.32 Å². The van der Waals surface area contributed by atoms with E-state index in [1.165, 1.54) is 0 Å². The third kappa shape index (κ3) is 6.08. The molecule has 0 spiro atoms. The van der Waals surface area contributed by atoms with Crippen molar-refractivity contribution < 1.29 is 9.53 Å². The van der Waals surface area contributed by atoms with Gasteiger partial charge in [-0.25, -0.2) is 4.79 Å². The smallest absolute Gasteiger partial charge is 0.348 e. The molecule has 1 atom stereocenters. The van der Waals surface area contributed by atoms with Crippen molar-refractivity contribution in [1.82, 2.24) is 0 Å². The Morgan fingerprint density at radius 3 is 2.71 bits per heavy atom. The van der Waals surface area contributed by atoms with Gasteiger partial charge in [0.05, 0.1) is 6.61 Å². The van der Waals surface area contributed by atoms with E-state index >= 15 is 0 Å². The van der Waals surface area contributed by atoms with Gasteiger partial charge < -0.3 is 10.1 Å². The number of carbonyl (C=O) groups excluding carboxylic acids is 1. The Balaban J connectivity index is 2.78. The van der Waals surface area contributed by atoms with Gasteiger partial charge in [0.2, 0.25) is 0 Å². The first-order valence-electron chi connectivity index (χ1n) is 8.62. The summed E-state index contributed by atoms with van der Waals surface area (Å²) < 4.78 is 5.36. The van der Waals surface area contributed by atoms with E-state index in [0.29, 0.717) is 12.5 Å². The molecular weight excluding hydrogens is 300 g/mol. The van der Waals surface area contributed by atoms with Crippen LogP contribution >= 0.6 is 0 Å². The molecule has 1 unspecified atom stereocenters. The maximum Gasteiger partial charge on any atom is 0.348 e. The molecule has 0 radical (unpaired) electrons. The van der Waals surface area contributed by atoms with Crippen LogP contribution in [0.2, 0.25) is 0 Å². The molecule has 0 fully saturated rings. The molecule has 1 aromatic rings. The van der Waals surface area contributed by atoms with Crippen molar-refractivity contribution in [3.63, 3.8) is 0 Å². The highest BCUT2D eigenvalue weighted by molar-refractivity contribution is 5.98. The van der Waals surface area contributed by atoms with Crippen LogP contribution in [-0.2, 0) is 9.53 Å². The molecule has 0 aliphatic carbocycles. The molecule has 0 aromatic heterocycles. The molecule has 1 rings (SSSR count). The highest BCUT2D eigenvalue weighted by atomic mass is 16.5. The summed E-state index contributed by atoms with van der Waals surface area (Å²) in [5.41, 5.74) is 2.88. The second-order valence-corrected chi connectivity index (χ2v) is 6.01. The van der Waals surface area contributed by atoms with Crippen LogP contribution in [0, 0.1) is 24.2 Å². The predicted octanol–water partition coefficient (Wildman–Crippen LogP) is 4.70. The first kappa shape index (κ1) is 19.8. The molecule has 130 valence electrons. The lowest BCUT2D eigenvalue weighted by Crippen LogP contribution is -2.15. The van der Waals surface area contributed by atoms with Crippen LogP contribution in [0.1, 0.15) is 50.7 Å². The lowest BCUT2D eigenvalue weighted by atomic mass is 10.0. The molecule has 0 saturated carbocycles. The Hall–Kier alpha value is -2.28. The fourth-order valence-electron chi connectivity index (χ4n) is 2.45. The number of nitriles is 1. The molecule has 4 nitrogen and oxygen atoms in total. The molecule has 1 aromatic carbocycles. The van der Waals surface area contributed by atoms with E-state index < -0.39 is 5.97 Å². The first-order valence-corrected chi connectivity index (χ1v) is 8.62. The zero-order valence-electron chi connectivity index (χ0n) is 15.2. The van der Waals surface area contributed by atoms with E-state index in [-0.39, 0.29) is 5.57 Å². The second kappa shape index (κ2) is 10.5. The Bertz CT molecular complexity index is 615. The fourth-order valence-corrected chi connectivity index (χ4v) is 2.45. The standard InChI is InChI=1S/C20H28N2O2/c1-5-7-8-16(6-2)14-24-20(23)18(13-21)12-17-9-10-19(22-4)11-15(17)3/h9-12,16,22H,5-8,14H2,1-4H3/b18-12-. The minimum Gasteiger partial charge on any atom is -0.461 e. The Morgan fingerprint density at radius 1 is 1.42 bits per heavy atom. The summed E-state index contributed by atoms with van der Waals surface area (Å²) in [5.74, 6) is -0.171. The summed E-state index contributed by atoms with van der Waals surface area (Å²) in [6.45, 7) is 6.58. The Labute approximate surface area is 145 Å².